The summed E-state index contributed by atoms with van der Waals surface area (Å²) in [5.41, 5.74) is 3.83. The van der Waals surface area contributed by atoms with E-state index in [1.807, 2.05) is 56.6 Å². The van der Waals surface area contributed by atoms with Crippen molar-refractivity contribution in [1.82, 2.24) is 24.6 Å². The first kappa shape index (κ1) is 19.8. The van der Waals surface area contributed by atoms with Crippen LogP contribution in [-0.2, 0) is 6.54 Å². The van der Waals surface area contributed by atoms with E-state index in [-0.39, 0.29) is 11.9 Å². The Balaban J connectivity index is 1.83. The molecule has 7 heteroatoms. The van der Waals surface area contributed by atoms with Crippen LogP contribution in [0.15, 0.2) is 47.3 Å². The van der Waals surface area contributed by atoms with Crippen LogP contribution in [0.2, 0.25) is 0 Å². The molecule has 0 bridgehead atoms. The molecular formula is C23H25N5O2. The molecule has 4 aromatic rings. The van der Waals surface area contributed by atoms with Crippen LogP contribution in [0, 0.1) is 13.8 Å². The topological polar surface area (TPSA) is 77.1 Å². The smallest absolute Gasteiger partial charge is 0.254 e. The Labute approximate surface area is 175 Å². The molecule has 0 saturated heterocycles. The number of furan rings is 1. The third-order valence-electron chi connectivity index (χ3n) is 5.09. The predicted molar refractivity (Wildman–Crippen MR) is 115 cm³/mol. The van der Waals surface area contributed by atoms with E-state index in [2.05, 4.69) is 10.1 Å². The Bertz CT molecular complexity index is 1210. The number of nitrogens with zero attached hydrogens (tertiary/aromatic N) is 5. The third-order valence-corrected chi connectivity index (χ3v) is 5.09. The van der Waals surface area contributed by atoms with Crippen molar-refractivity contribution in [1.29, 1.82) is 0 Å². The standard InChI is InChI=1S/C23H25N5O2/c1-14(2)28-22-20(12-25-28)19(10-21(26-22)18-9-15(3)30-16(18)4)23(29)27(5)13-17-7-6-8-24-11-17/h6-12,14H,13H2,1-5H3. The van der Waals surface area contributed by atoms with E-state index in [0.717, 1.165) is 28.0 Å². The summed E-state index contributed by atoms with van der Waals surface area (Å²) in [4.78, 5) is 24.1. The number of aromatic nitrogens is 4. The highest BCUT2D eigenvalue weighted by Gasteiger charge is 2.22. The molecule has 30 heavy (non-hydrogen) atoms. The maximum absolute atomic E-state index is 13.4. The fraction of sp³-hybridized carbons (Fsp3) is 0.304. The normalized spacial score (nSPS) is 11.4. The predicted octanol–water partition coefficient (Wildman–Crippen LogP) is 4.56. The summed E-state index contributed by atoms with van der Waals surface area (Å²) in [6.07, 6.45) is 5.22. The first-order chi connectivity index (χ1) is 14.3. The average Bonchev–Trinajstić information content (AvgIpc) is 3.30. The Morgan fingerprint density at radius 2 is 2.03 bits per heavy atom. The van der Waals surface area contributed by atoms with E-state index < -0.39 is 0 Å². The van der Waals surface area contributed by atoms with Crippen molar-refractivity contribution in [2.45, 2.75) is 40.3 Å². The lowest BCUT2D eigenvalue weighted by atomic mass is 10.1. The summed E-state index contributed by atoms with van der Waals surface area (Å²) in [6, 6.07) is 7.74. The van der Waals surface area contributed by atoms with Crippen molar-refractivity contribution in [3.63, 3.8) is 0 Å². The maximum Gasteiger partial charge on any atom is 0.254 e. The van der Waals surface area contributed by atoms with Gasteiger partial charge in [0.05, 0.1) is 22.8 Å². The number of carbonyl (C=O) groups excluding carboxylic acids is 1. The van der Waals surface area contributed by atoms with E-state index in [9.17, 15) is 4.79 Å². The van der Waals surface area contributed by atoms with Gasteiger partial charge in [0.2, 0.25) is 0 Å². The zero-order valence-electron chi connectivity index (χ0n) is 17.9. The number of rotatable bonds is 5. The lowest BCUT2D eigenvalue weighted by Gasteiger charge is -2.18. The van der Waals surface area contributed by atoms with Gasteiger partial charge in [-0.1, -0.05) is 6.07 Å². The second-order valence-corrected chi connectivity index (χ2v) is 7.82. The molecule has 7 nitrogen and oxygen atoms in total. The van der Waals surface area contributed by atoms with Crippen LogP contribution >= 0.6 is 0 Å². The van der Waals surface area contributed by atoms with E-state index >= 15 is 0 Å². The van der Waals surface area contributed by atoms with E-state index in [0.29, 0.717) is 23.4 Å². The molecule has 154 valence electrons. The van der Waals surface area contributed by atoms with Gasteiger partial charge in [0, 0.05) is 37.6 Å². The average molecular weight is 403 g/mol. The van der Waals surface area contributed by atoms with Gasteiger partial charge in [0.25, 0.3) is 5.91 Å². The molecule has 0 aliphatic heterocycles. The van der Waals surface area contributed by atoms with Crippen LogP contribution in [0.3, 0.4) is 0 Å². The molecule has 0 fully saturated rings. The van der Waals surface area contributed by atoms with Gasteiger partial charge >= 0.3 is 0 Å². The highest BCUT2D eigenvalue weighted by atomic mass is 16.3. The molecule has 0 spiro atoms. The van der Waals surface area contributed by atoms with Crippen LogP contribution in [0.5, 0.6) is 0 Å². The van der Waals surface area contributed by atoms with Gasteiger partial charge in [-0.2, -0.15) is 5.10 Å². The Kier molecular flexibility index (Phi) is 5.11. The highest BCUT2D eigenvalue weighted by molar-refractivity contribution is 6.06. The molecule has 4 heterocycles. The molecule has 0 saturated carbocycles. The van der Waals surface area contributed by atoms with Crippen LogP contribution in [0.1, 0.15) is 47.3 Å². The maximum atomic E-state index is 13.4. The minimum Gasteiger partial charge on any atom is -0.466 e. The number of hydrogen-bond donors (Lipinski definition) is 0. The molecule has 4 rings (SSSR count). The molecule has 0 unspecified atom stereocenters. The number of aryl methyl sites for hydroxylation is 2. The van der Waals surface area contributed by atoms with Crippen LogP contribution < -0.4 is 0 Å². The summed E-state index contributed by atoms with van der Waals surface area (Å²) < 4.78 is 7.55. The van der Waals surface area contributed by atoms with Crippen molar-refractivity contribution in [2.75, 3.05) is 7.05 Å². The van der Waals surface area contributed by atoms with Crippen molar-refractivity contribution >= 4 is 16.9 Å². The fourth-order valence-corrected chi connectivity index (χ4v) is 3.64. The molecule has 1 amide bonds. The first-order valence-corrected chi connectivity index (χ1v) is 9.95. The van der Waals surface area contributed by atoms with Crippen molar-refractivity contribution in [3.05, 3.63) is 65.5 Å². The van der Waals surface area contributed by atoms with Gasteiger partial charge in [-0.3, -0.25) is 9.78 Å². The van der Waals surface area contributed by atoms with Gasteiger partial charge in [-0.15, -0.1) is 0 Å². The van der Waals surface area contributed by atoms with E-state index in [4.69, 9.17) is 9.40 Å². The van der Waals surface area contributed by atoms with E-state index in [1.165, 1.54) is 0 Å². The van der Waals surface area contributed by atoms with Crippen molar-refractivity contribution in [2.24, 2.45) is 0 Å². The van der Waals surface area contributed by atoms with Gasteiger partial charge in [0.15, 0.2) is 5.65 Å². The molecule has 0 atom stereocenters. The van der Waals surface area contributed by atoms with E-state index in [1.54, 1.807) is 30.5 Å². The zero-order chi connectivity index (χ0) is 21.4. The summed E-state index contributed by atoms with van der Waals surface area (Å²) in [6.45, 7) is 8.37. The minimum absolute atomic E-state index is 0.0892. The largest absolute Gasteiger partial charge is 0.466 e. The molecule has 0 aliphatic rings. The molecular weight excluding hydrogens is 378 g/mol. The van der Waals surface area contributed by atoms with Gasteiger partial charge in [-0.25, -0.2) is 9.67 Å². The number of hydrogen-bond acceptors (Lipinski definition) is 5. The highest BCUT2D eigenvalue weighted by Crippen LogP contribution is 2.30. The lowest BCUT2D eigenvalue weighted by molar-refractivity contribution is 0.0787. The second-order valence-electron chi connectivity index (χ2n) is 7.82. The molecule has 0 radical (unpaired) electrons. The van der Waals surface area contributed by atoms with Crippen LogP contribution in [-0.4, -0.2) is 37.6 Å². The summed E-state index contributed by atoms with van der Waals surface area (Å²) in [7, 11) is 1.79. The number of fused-ring (bicyclic) bond motifs is 1. The monoisotopic (exact) mass is 403 g/mol. The minimum atomic E-state index is -0.0892. The Morgan fingerprint density at radius 1 is 1.23 bits per heavy atom. The zero-order valence-corrected chi connectivity index (χ0v) is 17.9. The summed E-state index contributed by atoms with van der Waals surface area (Å²) >= 11 is 0. The van der Waals surface area contributed by atoms with Crippen molar-refractivity contribution in [3.8, 4) is 11.3 Å². The Morgan fingerprint density at radius 3 is 2.67 bits per heavy atom. The van der Waals surface area contributed by atoms with Gasteiger partial charge in [0.1, 0.15) is 11.5 Å². The van der Waals surface area contributed by atoms with Gasteiger partial charge < -0.3 is 9.32 Å². The molecule has 0 N–H and O–H groups in total. The summed E-state index contributed by atoms with van der Waals surface area (Å²) in [5, 5.41) is 5.24. The summed E-state index contributed by atoms with van der Waals surface area (Å²) in [5.74, 6) is 1.49. The number of carbonyl (C=O) groups is 1. The van der Waals surface area contributed by atoms with Crippen LogP contribution in [0.25, 0.3) is 22.3 Å². The lowest BCUT2D eigenvalue weighted by Crippen LogP contribution is -2.26. The molecule has 0 aliphatic carbocycles. The first-order valence-electron chi connectivity index (χ1n) is 9.95. The second kappa shape index (κ2) is 7.74. The van der Waals surface area contributed by atoms with Crippen LogP contribution in [0.4, 0.5) is 0 Å². The molecule has 0 aromatic carbocycles. The Hall–Kier alpha value is -3.48. The fourth-order valence-electron chi connectivity index (χ4n) is 3.64. The third kappa shape index (κ3) is 3.58. The molecule has 4 aromatic heterocycles. The quantitative estimate of drug-likeness (QED) is 0.488. The number of pyridine rings is 2. The SMILES string of the molecule is Cc1cc(-c2cc(C(=O)N(C)Cc3cccnc3)c3cnn(C(C)C)c3n2)c(C)o1. The van der Waals surface area contributed by atoms with Crippen molar-refractivity contribution < 1.29 is 9.21 Å². The number of amides is 1. The van der Waals surface area contributed by atoms with Gasteiger partial charge in [-0.05, 0) is 51.5 Å².